The number of ether oxygens (including phenoxy) is 1. The van der Waals surface area contributed by atoms with Gasteiger partial charge in [-0.15, -0.1) is 0 Å². The predicted octanol–water partition coefficient (Wildman–Crippen LogP) is 1.12. The van der Waals surface area contributed by atoms with Gasteiger partial charge in [-0.05, 0) is 27.8 Å². The minimum Gasteiger partial charge on any atom is -0.377 e. The van der Waals surface area contributed by atoms with E-state index in [0.29, 0.717) is 6.61 Å². The molecule has 5 heteroatoms. The fourth-order valence-electron chi connectivity index (χ4n) is 2.20. The highest BCUT2D eigenvalue weighted by atomic mass is 16.5. The molecule has 0 aromatic carbocycles. The Hall–Kier alpha value is -1.20. The van der Waals surface area contributed by atoms with E-state index in [4.69, 9.17) is 4.74 Å². The van der Waals surface area contributed by atoms with Crippen LogP contribution in [-0.4, -0.2) is 42.3 Å². The average molecular weight is 250 g/mol. The third-order valence-electron chi connectivity index (χ3n) is 3.32. The summed E-state index contributed by atoms with van der Waals surface area (Å²) in [4.78, 5) is 11.4. The normalized spacial score (nSPS) is 19.0. The van der Waals surface area contributed by atoms with Gasteiger partial charge in [0.25, 0.3) is 0 Å². The van der Waals surface area contributed by atoms with Crippen LogP contribution in [0.1, 0.15) is 25.1 Å². The van der Waals surface area contributed by atoms with E-state index in [9.17, 15) is 0 Å². The number of aromatic nitrogens is 2. The average Bonchev–Trinajstić information content (AvgIpc) is 2.31. The third kappa shape index (κ3) is 2.62. The zero-order chi connectivity index (χ0) is 13.2. The molecule has 0 spiro atoms. The highest BCUT2D eigenvalue weighted by molar-refractivity contribution is 5.37. The number of anilines is 1. The van der Waals surface area contributed by atoms with Gasteiger partial charge in [0.2, 0.25) is 5.95 Å². The molecule has 2 rings (SSSR count). The van der Waals surface area contributed by atoms with E-state index < -0.39 is 0 Å². The molecule has 0 bridgehead atoms. The summed E-state index contributed by atoms with van der Waals surface area (Å²) in [7, 11) is 1.93. The van der Waals surface area contributed by atoms with Gasteiger partial charge in [0.1, 0.15) is 0 Å². The minimum absolute atomic E-state index is 0.0464. The number of morpholine rings is 1. The summed E-state index contributed by atoms with van der Waals surface area (Å²) in [5.74, 6) is 0.806. The molecule has 0 atom stereocenters. The van der Waals surface area contributed by atoms with Gasteiger partial charge in [-0.2, -0.15) is 0 Å². The van der Waals surface area contributed by atoms with E-state index in [-0.39, 0.29) is 5.54 Å². The first-order valence-electron chi connectivity index (χ1n) is 6.37. The SMILES string of the molecule is CNCc1cnc(N2CCOCC2(C)C)nc1C. The molecule has 1 saturated heterocycles. The topological polar surface area (TPSA) is 50.3 Å². The third-order valence-corrected chi connectivity index (χ3v) is 3.32. The number of hydrogen-bond acceptors (Lipinski definition) is 5. The van der Waals surface area contributed by atoms with Crippen LogP contribution in [0.15, 0.2) is 6.20 Å². The second kappa shape index (κ2) is 5.20. The van der Waals surface area contributed by atoms with Gasteiger partial charge in [-0.25, -0.2) is 9.97 Å². The summed E-state index contributed by atoms with van der Waals surface area (Å²) in [6, 6.07) is 0. The Labute approximate surface area is 109 Å². The van der Waals surface area contributed by atoms with Crippen LogP contribution in [-0.2, 0) is 11.3 Å². The Balaban J connectivity index is 2.25. The Kier molecular flexibility index (Phi) is 3.82. The van der Waals surface area contributed by atoms with Gasteiger partial charge in [0.05, 0.1) is 18.8 Å². The number of rotatable bonds is 3. The monoisotopic (exact) mass is 250 g/mol. The van der Waals surface area contributed by atoms with Crippen LogP contribution < -0.4 is 10.2 Å². The second-order valence-electron chi connectivity index (χ2n) is 5.33. The number of nitrogens with one attached hydrogen (secondary N) is 1. The fraction of sp³-hybridized carbons (Fsp3) is 0.692. The summed E-state index contributed by atoms with van der Waals surface area (Å²) in [5.41, 5.74) is 2.14. The molecule has 1 fully saturated rings. The van der Waals surface area contributed by atoms with Crippen molar-refractivity contribution in [1.82, 2.24) is 15.3 Å². The predicted molar refractivity (Wildman–Crippen MR) is 71.8 cm³/mol. The molecule has 1 aromatic rings. The van der Waals surface area contributed by atoms with Crippen molar-refractivity contribution in [3.05, 3.63) is 17.5 Å². The maximum atomic E-state index is 5.52. The zero-order valence-corrected chi connectivity index (χ0v) is 11.7. The molecular formula is C13H22N4O. The van der Waals surface area contributed by atoms with Crippen molar-refractivity contribution >= 4 is 5.95 Å². The summed E-state index contributed by atoms with van der Waals surface area (Å²) >= 11 is 0. The lowest BCUT2D eigenvalue weighted by molar-refractivity contribution is 0.0633. The molecule has 5 nitrogen and oxygen atoms in total. The lowest BCUT2D eigenvalue weighted by atomic mass is 10.0. The maximum absolute atomic E-state index is 5.52. The van der Waals surface area contributed by atoms with Crippen LogP contribution in [0.3, 0.4) is 0 Å². The second-order valence-corrected chi connectivity index (χ2v) is 5.33. The Bertz CT molecular complexity index is 419. The van der Waals surface area contributed by atoms with Crippen LogP contribution >= 0.6 is 0 Å². The summed E-state index contributed by atoms with van der Waals surface area (Å²) < 4.78 is 5.52. The first kappa shape index (κ1) is 13.2. The standard InChI is InChI=1S/C13H22N4O/c1-10-11(7-14-4)8-15-12(16-10)17-5-6-18-9-13(17,2)3/h8,14H,5-7,9H2,1-4H3. The molecule has 1 aliphatic heterocycles. The minimum atomic E-state index is -0.0464. The number of aryl methyl sites for hydroxylation is 1. The van der Waals surface area contributed by atoms with E-state index >= 15 is 0 Å². The van der Waals surface area contributed by atoms with Gasteiger partial charge in [-0.3, -0.25) is 0 Å². The van der Waals surface area contributed by atoms with Crippen LogP contribution in [0.2, 0.25) is 0 Å². The van der Waals surface area contributed by atoms with E-state index in [0.717, 1.165) is 36.9 Å². The molecule has 0 unspecified atom stereocenters. The van der Waals surface area contributed by atoms with Crippen molar-refractivity contribution in [3.63, 3.8) is 0 Å². The molecule has 18 heavy (non-hydrogen) atoms. The van der Waals surface area contributed by atoms with E-state index in [2.05, 4.69) is 34.0 Å². The molecule has 0 amide bonds. The van der Waals surface area contributed by atoms with Crippen LogP contribution in [0, 0.1) is 6.92 Å². The molecule has 0 aliphatic carbocycles. The molecule has 100 valence electrons. The largest absolute Gasteiger partial charge is 0.377 e. The maximum Gasteiger partial charge on any atom is 0.226 e. The van der Waals surface area contributed by atoms with Crippen molar-refractivity contribution in [2.75, 3.05) is 31.7 Å². The number of nitrogens with zero attached hydrogens (tertiary/aromatic N) is 3. The zero-order valence-electron chi connectivity index (χ0n) is 11.7. The smallest absolute Gasteiger partial charge is 0.226 e. The van der Waals surface area contributed by atoms with Gasteiger partial charge in [0.15, 0.2) is 0 Å². The van der Waals surface area contributed by atoms with Crippen LogP contribution in [0.4, 0.5) is 5.95 Å². The molecule has 0 saturated carbocycles. The van der Waals surface area contributed by atoms with Crippen molar-refractivity contribution in [1.29, 1.82) is 0 Å². The number of hydrogen-bond donors (Lipinski definition) is 1. The van der Waals surface area contributed by atoms with Gasteiger partial charge >= 0.3 is 0 Å². The Morgan fingerprint density at radius 1 is 1.50 bits per heavy atom. The quantitative estimate of drug-likeness (QED) is 0.871. The van der Waals surface area contributed by atoms with Crippen molar-refractivity contribution < 1.29 is 4.74 Å². The molecule has 0 radical (unpaired) electrons. The summed E-state index contributed by atoms with van der Waals surface area (Å²) in [6.45, 7) is 9.46. The fourth-order valence-corrected chi connectivity index (χ4v) is 2.20. The van der Waals surface area contributed by atoms with E-state index in [1.165, 1.54) is 0 Å². The van der Waals surface area contributed by atoms with Crippen molar-refractivity contribution in [2.45, 2.75) is 32.9 Å². The van der Waals surface area contributed by atoms with Crippen molar-refractivity contribution in [2.24, 2.45) is 0 Å². The lowest BCUT2D eigenvalue weighted by Crippen LogP contribution is -2.53. The highest BCUT2D eigenvalue weighted by Crippen LogP contribution is 2.24. The Morgan fingerprint density at radius 2 is 2.28 bits per heavy atom. The van der Waals surface area contributed by atoms with Crippen molar-refractivity contribution in [3.8, 4) is 0 Å². The molecule has 1 N–H and O–H groups in total. The van der Waals surface area contributed by atoms with Gasteiger partial charge < -0.3 is 15.0 Å². The highest BCUT2D eigenvalue weighted by Gasteiger charge is 2.32. The molecule has 1 aliphatic rings. The first-order valence-corrected chi connectivity index (χ1v) is 6.37. The summed E-state index contributed by atoms with van der Waals surface area (Å²) in [6.07, 6.45) is 1.92. The molecule has 1 aromatic heterocycles. The van der Waals surface area contributed by atoms with E-state index in [1.807, 2.05) is 20.2 Å². The van der Waals surface area contributed by atoms with Gasteiger partial charge in [0, 0.05) is 30.5 Å². The van der Waals surface area contributed by atoms with Crippen LogP contribution in [0.25, 0.3) is 0 Å². The summed E-state index contributed by atoms with van der Waals surface area (Å²) in [5, 5.41) is 3.13. The van der Waals surface area contributed by atoms with Crippen LogP contribution in [0.5, 0.6) is 0 Å². The van der Waals surface area contributed by atoms with E-state index in [1.54, 1.807) is 0 Å². The Morgan fingerprint density at radius 3 is 2.89 bits per heavy atom. The molecular weight excluding hydrogens is 228 g/mol. The lowest BCUT2D eigenvalue weighted by Gasteiger charge is -2.42. The van der Waals surface area contributed by atoms with Gasteiger partial charge in [-0.1, -0.05) is 0 Å². The first-order chi connectivity index (χ1) is 8.54. The molecule has 2 heterocycles.